The zero-order valence-corrected chi connectivity index (χ0v) is 18.9. The molecule has 2 fully saturated rings. The van der Waals surface area contributed by atoms with Gasteiger partial charge in [-0.1, -0.05) is 19.9 Å². The third-order valence-electron chi connectivity index (χ3n) is 6.61. The van der Waals surface area contributed by atoms with E-state index in [2.05, 4.69) is 35.8 Å². The van der Waals surface area contributed by atoms with Gasteiger partial charge in [0.15, 0.2) is 5.11 Å². The van der Waals surface area contributed by atoms with Crippen LogP contribution in [0.2, 0.25) is 0 Å². The highest BCUT2D eigenvalue weighted by Gasteiger charge is 2.50. The Hall–Kier alpha value is -1.81. The fourth-order valence-corrected chi connectivity index (χ4v) is 6.09. The summed E-state index contributed by atoms with van der Waals surface area (Å²) in [4.78, 5) is 0.262. The number of nitrogens with zero attached hydrogens (tertiary/aromatic N) is 2. The van der Waals surface area contributed by atoms with Crippen LogP contribution in [0.3, 0.4) is 0 Å². The molecule has 1 saturated heterocycles. The number of hydrogen-bond donors (Lipinski definition) is 2. The number of ether oxygens (including phenoxy) is 1. The van der Waals surface area contributed by atoms with Gasteiger partial charge in [-0.05, 0) is 72.1 Å². The average molecular weight is 449 g/mol. The quantitative estimate of drug-likeness (QED) is 0.409. The lowest BCUT2D eigenvalue weighted by atomic mass is 9.49. The van der Waals surface area contributed by atoms with Crippen LogP contribution in [0.15, 0.2) is 45.9 Å². The molecule has 9 heteroatoms. The second kappa shape index (κ2) is 8.37. The number of anilines is 1. The summed E-state index contributed by atoms with van der Waals surface area (Å²) in [5, 5.41) is 7.68. The van der Waals surface area contributed by atoms with E-state index in [1.807, 2.05) is 6.21 Å². The zero-order valence-electron chi connectivity index (χ0n) is 17.3. The molecular formula is C21H28N4O3S2. The van der Waals surface area contributed by atoms with E-state index in [0.29, 0.717) is 48.4 Å². The second-order valence-corrected chi connectivity index (χ2v) is 11.0. The van der Waals surface area contributed by atoms with Gasteiger partial charge >= 0.3 is 0 Å². The number of benzene rings is 1. The Morgan fingerprint density at radius 1 is 1.27 bits per heavy atom. The molecule has 1 aromatic rings. The summed E-state index contributed by atoms with van der Waals surface area (Å²) in [5.41, 5.74) is 5.18. The Kier molecular flexibility index (Phi) is 5.98. The van der Waals surface area contributed by atoms with Gasteiger partial charge < -0.3 is 10.1 Å². The maximum atomic E-state index is 12.7. The highest BCUT2D eigenvalue weighted by molar-refractivity contribution is 7.89. The number of rotatable bonds is 5. The first-order valence-electron chi connectivity index (χ1n) is 10.3. The minimum atomic E-state index is -3.50. The topological polar surface area (TPSA) is 83.0 Å². The number of hydrogen-bond acceptors (Lipinski definition) is 5. The summed E-state index contributed by atoms with van der Waals surface area (Å²) in [6.07, 6.45) is 6.51. The van der Waals surface area contributed by atoms with Gasteiger partial charge in [-0.15, -0.1) is 0 Å². The number of morpholine rings is 1. The second-order valence-electron chi connectivity index (χ2n) is 8.61. The summed E-state index contributed by atoms with van der Waals surface area (Å²) in [5.74, 6) is 1.37. The molecule has 0 aromatic heterocycles. The molecular weight excluding hydrogens is 420 g/mol. The third kappa shape index (κ3) is 4.16. The zero-order chi connectivity index (χ0) is 21.4. The van der Waals surface area contributed by atoms with Crippen LogP contribution in [0.25, 0.3) is 0 Å². The number of sulfonamides is 1. The van der Waals surface area contributed by atoms with Gasteiger partial charge in [-0.3, -0.25) is 5.43 Å². The van der Waals surface area contributed by atoms with Crippen LogP contribution >= 0.6 is 12.2 Å². The van der Waals surface area contributed by atoms with Crippen molar-refractivity contribution in [3.63, 3.8) is 0 Å². The molecule has 30 heavy (non-hydrogen) atoms. The predicted octanol–water partition coefficient (Wildman–Crippen LogP) is 2.97. The Labute approximate surface area is 183 Å². The molecule has 1 aliphatic heterocycles. The number of fused-ring (bicyclic) bond motifs is 1. The van der Waals surface area contributed by atoms with Crippen LogP contribution in [-0.2, 0) is 14.8 Å². The minimum absolute atomic E-state index is 0.262. The monoisotopic (exact) mass is 448 g/mol. The minimum Gasteiger partial charge on any atom is -0.379 e. The normalized spacial score (nSPS) is 26.0. The van der Waals surface area contributed by atoms with Gasteiger partial charge in [-0.2, -0.15) is 9.41 Å². The van der Waals surface area contributed by atoms with E-state index < -0.39 is 10.0 Å². The number of allylic oxidation sites excluding steroid dienone is 2. The van der Waals surface area contributed by atoms with Crippen LogP contribution < -0.4 is 10.7 Å². The largest absolute Gasteiger partial charge is 0.379 e. The van der Waals surface area contributed by atoms with E-state index in [9.17, 15) is 8.42 Å². The highest BCUT2D eigenvalue weighted by atomic mass is 32.2. The Bertz CT molecular complexity index is 964. The first-order valence-corrected chi connectivity index (χ1v) is 12.1. The lowest BCUT2D eigenvalue weighted by Crippen LogP contribution is -2.48. The van der Waals surface area contributed by atoms with Gasteiger partial charge in [0.05, 0.1) is 24.3 Å². The highest BCUT2D eigenvalue weighted by Crippen LogP contribution is 2.58. The van der Waals surface area contributed by atoms with E-state index in [1.165, 1.54) is 16.3 Å². The third-order valence-corrected chi connectivity index (χ3v) is 8.72. The Morgan fingerprint density at radius 2 is 1.97 bits per heavy atom. The molecule has 0 radical (unpaired) electrons. The van der Waals surface area contributed by atoms with Gasteiger partial charge in [0.2, 0.25) is 10.0 Å². The van der Waals surface area contributed by atoms with Crippen LogP contribution in [0.5, 0.6) is 0 Å². The smallest absolute Gasteiger partial charge is 0.243 e. The number of hydrazone groups is 1. The lowest BCUT2D eigenvalue weighted by Gasteiger charge is -2.55. The molecule has 0 amide bonds. The summed E-state index contributed by atoms with van der Waals surface area (Å²) in [6, 6.07) is 6.57. The van der Waals surface area contributed by atoms with E-state index in [1.54, 1.807) is 24.3 Å². The summed E-state index contributed by atoms with van der Waals surface area (Å²) < 4.78 is 32.0. The average Bonchev–Trinajstić information content (AvgIpc) is 2.74. The van der Waals surface area contributed by atoms with Crippen LogP contribution in [0, 0.1) is 17.3 Å². The van der Waals surface area contributed by atoms with Gasteiger partial charge in [-0.25, -0.2) is 8.42 Å². The molecule has 1 heterocycles. The van der Waals surface area contributed by atoms with Crippen molar-refractivity contribution in [2.24, 2.45) is 22.4 Å². The van der Waals surface area contributed by atoms with Crippen molar-refractivity contribution < 1.29 is 13.2 Å². The molecule has 2 bridgehead atoms. The van der Waals surface area contributed by atoms with Crippen molar-refractivity contribution in [3.8, 4) is 0 Å². The molecule has 3 aliphatic carbocycles. The van der Waals surface area contributed by atoms with Crippen molar-refractivity contribution >= 4 is 39.3 Å². The fourth-order valence-electron chi connectivity index (χ4n) is 4.52. The maximum Gasteiger partial charge on any atom is 0.243 e. The van der Waals surface area contributed by atoms with Crippen LogP contribution in [0.1, 0.15) is 26.7 Å². The summed E-state index contributed by atoms with van der Waals surface area (Å²) in [7, 11) is -3.50. The van der Waals surface area contributed by atoms with Gasteiger partial charge in [0, 0.05) is 18.8 Å². The molecule has 4 aliphatic rings. The molecule has 1 aromatic carbocycles. The first-order chi connectivity index (χ1) is 14.3. The molecule has 5 rings (SSSR count). The molecule has 1 saturated carbocycles. The first kappa shape index (κ1) is 21.4. The summed E-state index contributed by atoms with van der Waals surface area (Å²) >= 11 is 5.30. The van der Waals surface area contributed by atoms with E-state index in [4.69, 9.17) is 17.0 Å². The van der Waals surface area contributed by atoms with Crippen molar-refractivity contribution in [2.45, 2.75) is 31.6 Å². The molecule has 2 N–H and O–H groups in total. The molecule has 0 unspecified atom stereocenters. The standard InChI is InChI=1S/C21H28N4O3S2/c1-21(2)16-4-3-15(19(21)13-16)14-22-24-20(29)23-17-5-7-18(8-6-17)30(26,27)25-9-11-28-12-10-25/h3,5-8,14,16,19H,4,9-13H2,1-2H3,(H2,23,24,29)/t16-,19+/m0/s1. The molecule has 0 spiro atoms. The Balaban J connectivity index is 1.31. The molecule has 7 nitrogen and oxygen atoms in total. The van der Waals surface area contributed by atoms with Crippen molar-refractivity contribution in [3.05, 3.63) is 35.9 Å². The number of thiocarbonyl (C=S) groups is 1. The van der Waals surface area contributed by atoms with Crippen LogP contribution in [-0.4, -0.2) is 50.4 Å². The van der Waals surface area contributed by atoms with Crippen molar-refractivity contribution in [1.82, 2.24) is 9.73 Å². The molecule has 2 atom stereocenters. The van der Waals surface area contributed by atoms with E-state index in [0.717, 1.165) is 12.3 Å². The van der Waals surface area contributed by atoms with E-state index in [-0.39, 0.29) is 4.90 Å². The van der Waals surface area contributed by atoms with Crippen molar-refractivity contribution in [1.29, 1.82) is 0 Å². The molecule has 162 valence electrons. The lowest BCUT2D eigenvalue weighted by molar-refractivity contribution is -0.00126. The van der Waals surface area contributed by atoms with Crippen molar-refractivity contribution in [2.75, 3.05) is 31.6 Å². The summed E-state index contributed by atoms with van der Waals surface area (Å²) in [6.45, 7) is 6.27. The van der Waals surface area contributed by atoms with E-state index >= 15 is 0 Å². The number of nitrogens with one attached hydrogen (secondary N) is 2. The Morgan fingerprint density at radius 3 is 2.60 bits per heavy atom. The predicted molar refractivity (Wildman–Crippen MR) is 122 cm³/mol. The van der Waals surface area contributed by atoms with Crippen LogP contribution in [0.4, 0.5) is 5.69 Å². The fraction of sp³-hybridized carbons (Fsp3) is 0.524. The maximum absolute atomic E-state index is 12.7. The van der Waals surface area contributed by atoms with Gasteiger partial charge in [0.1, 0.15) is 0 Å². The SMILES string of the molecule is CC1(C)[C@H]2CC=C(C=NNC(=S)Nc3ccc(S(=O)(=O)N4CCOCC4)cc3)[C@H]1C2. The van der Waals surface area contributed by atoms with Gasteiger partial charge in [0.25, 0.3) is 0 Å².